The molecule has 0 aliphatic heterocycles. The Hall–Kier alpha value is -0.920. The molecule has 0 heterocycles. The van der Waals surface area contributed by atoms with Crippen LogP contribution in [0.1, 0.15) is 11.1 Å². The van der Waals surface area contributed by atoms with Crippen molar-refractivity contribution in [3.8, 4) is 0 Å². The van der Waals surface area contributed by atoms with Crippen LogP contribution < -0.4 is 0 Å². The Bertz CT molecular complexity index is 227. The molecule has 0 aliphatic rings. The monoisotopic (exact) mass is 142 g/mol. The van der Waals surface area contributed by atoms with Crippen molar-refractivity contribution in [2.75, 3.05) is 0 Å². The molecule has 10 heavy (non-hydrogen) atoms. The van der Waals surface area contributed by atoms with Gasteiger partial charge >= 0.3 is 0 Å². The van der Waals surface area contributed by atoms with E-state index in [-0.39, 0.29) is 11.6 Å². The minimum atomic E-state index is -0.348. The van der Waals surface area contributed by atoms with Gasteiger partial charge in [0.15, 0.2) is 0 Å². The lowest BCUT2D eigenvalue weighted by molar-refractivity contribution is 0.584. The second-order valence-electron chi connectivity index (χ2n) is 2.28. The third kappa shape index (κ3) is 1.01. The average molecular weight is 142 g/mol. The number of rotatable bonds is 0. The van der Waals surface area contributed by atoms with Crippen molar-refractivity contribution in [1.29, 1.82) is 0 Å². The highest BCUT2D eigenvalue weighted by Gasteiger charge is 2.03. The molecule has 0 amide bonds. The Morgan fingerprint density at radius 3 is 1.50 bits per heavy atom. The molecule has 0 atom stereocenters. The largest absolute Gasteiger partial charge is 0.207 e. The predicted octanol–water partition coefficient (Wildman–Crippen LogP) is 2.58. The molecule has 0 saturated heterocycles. The smallest absolute Gasteiger partial charge is 0.126 e. The Morgan fingerprint density at radius 1 is 0.900 bits per heavy atom. The highest BCUT2D eigenvalue weighted by molar-refractivity contribution is 5.27. The first kappa shape index (κ1) is 7.19. The molecule has 0 spiro atoms. The maximum Gasteiger partial charge on any atom is 0.126 e. The van der Waals surface area contributed by atoms with E-state index >= 15 is 0 Å². The van der Waals surface area contributed by atoms with Crippen LogP contribution in [0.4, 0.5) is 8.78 Å². The van der Waals surface area contributed by atoms with Crippen LogP contribution >= 0.6 is 0 Å². The van der Waals surface area contributed by atoms with E-state index in [4.69, 9.17) is 0 Å². The lowest BCUT2D eigenvalue weighted by Crippen LogP contribution is -1.90. The van der Waals surface area contributed by atoms with E-state index in [9.17, 15) is 8.78 Å². The zero-order valence-electron chi connectivity index (χ0n) is 5.91. The fourth-order valence-corrected chi connectivity index (χ4v) is 0.755. The van der Waals surface area contributed by atoms with Crippen LogP contribution in [-0.2, 0) is 0 Å². The van der Waals surface area contributed by atoms with Gasteiger partial charge in [0.2, 0.25) is 0 Å². The van der Waals surface area contributed by atoms with Gasteiger partial charge in [-0.1, -0.05) is 0 Å². The minimum absolute atomic E-state index is 0.348. The minimum Gasteiger partial charge on any atom is -0.207 e. The van der Waals surface area contributed by atoms with Gasteiger partial charge in [-0.25, -0.2) is 8.78 Å². The van der Waals surface area contributed by atoms with E-state index in [0.29, 0.717) is 11.1 Å². The molecule has 0 bridgehead atoms. The predicted molar refractivity (Wildman–Crippen MR) is 35.8 cm³/mol. The van der Waals surface area contributed by atoms with Gasteiger partial charge in [0, 0.05) is 0 Å². The molecule has 2 heteroatoms. The summed E-state index contributed by atoms with van der Waals surface area (Å²) in [5, 5.41) is 0. The Kier molecular flexibility index (Phi) is 1.70. The number of hydrogen-bond acceptors (Lipinski definition) is 0. The maximum atomic E-state index is 12.6. The summed E-state index contributed by atoms with van der Waals surface area (Å²) in [6.45, 7) is 3.13. The standard InChI is InChI=1S/C8H8F2/c1-5-6(2)8(10)4-3-7(5)9/h3-4H,1-2H3. The van der Waals surface area contributed by atoms with Gasteiger partial charge in [-0.15, -0.1) is 0 Å². The third-order valence-corrected chi connectivity index (χ3v) is 1.65. The molecule has 0 saturated carbocycles. The first-order valence-corrected chi connectivity index (χ1v) is 3.04. The topological polar surface area (TPSA) is 0 Å². The molecule has 0 fully saturated rings. The normalized spacial score (nSPS) is 10.0. The number of halogens is 2. The van der Waals surface area contributed by atoms with Gasteiger partial charge in [0.1, 0.15) is 11.6 Å². The van der Waals surface area contributed by atoms with E-state index in [1.807, 2.05) is 0 Å². The quantitative estimate of drug-likeness (QED) is 0.522. The second-order valence-corrected chi connectivity index (χ2v) is 2.28. The third-order valence-electron chi connectivity index (χ3n) is 1.65. The van der Waals surface area contributed by atoms with Crippen LogP contribution in [0, 0.1) is 25.5 Å². The van der Waals surface area contributed by atoms with Crippen LogP contribution in [0.25, 0.3) is 0 Å². The first-order chi connectivity index (χ1) is 4.63. The van der Waals surface area contributed by atoms with Crippen molar-refractivity contribution in [3.63, 3.8) is 0 Å². The molecule has 1 aromatic carbocycles. The van der Waals surface area contributed by atoms with Gasteiger partial charge in [-0.3, -0.25) is 0 Å². The summed E-state index contributed by atoms with van der Waals surface area (Å²) in [6.07, 6.45) is 0. The molecule has 0 aromatic heterocycles. The lowest BCUT2D eigenvalue weighted by Gasteiger charge is -2.00. The molecule has 0 radical (unpaired) electrons. The Labute approximate surface area is 58.5 Å². The van der Waals surface area contributed by atoms with Gasteiger partial charge in [0.05, 0.1) is 0 Å². The van der Waals surface area contributed by atoms with E-state index in [2.05, 4.69) is 0 Å². The van der Waals surface area contributed by atoms with E-state index < -0.39 is 0 Å². The van der Waals surface area contributed by atoms with E-state index in [1.165, 1.54) is 0 Å². The summed E-state index contributed by atoms with van der Waals surface area (Å²) < 4.78 is 25.2. The zero-order valence-corrected chi connectivity index (χ0v) is 5.91. The summed E-state index contributed by atoms with van der Waals surface area (Å²) in [6, 6.07) is 2.27. The van der Waals surface area contributed by atoms with Gasteiger partial charge < -0.3 is 0 Å². The van der Waals surface area contributed by atoms with Gasteiger partial charge in [0.25, 0.3) is 0 Å². The molecule has 1 aromatic rings. The highest BCUT2D eigenvalue weighted by atomic mass is 19.1. The van der Waals surface area contributed by atoms with Crippen molar-refractivity contribution in [2.45, 2.75) is 13.8 Å². The summed E-state index contributed by atoms with van der Waals surface area (Å²) in [7, 11) is 0. The lowest BCUT2D eigenvalue weighted by atomic mass is 10.1. The SMILES string of the molecule is Cc1c(F)ccc(F)c1C. The molecule has 0 nitrogen and oxygen atoms in total. The fraction of sp³-hybridized carbons (Fsp3) is 0.250. The summed E-state index contributed by atoms with van der Waals surface area (Å²) >= 11 is 0. The van der Waals surface area contributed by atoms with Crippen molar-refractivity contribution in [1.82, 2.24) is 0 Å². The summed E-state index contributed by atoms with van der Waals surface area (Å²) in [5.41, 5.74) is 0.778. The summed E-state index contributed by atoms with van der Waals surface area (Å²) in [5.74, 6) is -0.696. The highest BCUT2D eigenvalue weighted by Crippen LogP contribution is 2.14. The molecule has 54 valence electrons. The molecule has 1 rings (SSSR count). The van der Waals surface area contributed by atoms with E-state index in [0.717, 1.165) is 12.1 Å². The van der Waals surface area contributed by atoms with Crippen molar-refractivity contribution < 1.29 is 8.78 Å². The Balaban J connectivity index is 3.34. The second kappa shape index (κ2) is 2.37. The molecule has 0 unspecified atom stereocenters. The van der Waals surface area contributed by atoms with Gasteiger partial charge in [-0.05, 0) is 37.1 Å². The molecular weight excluding hydrogens is 134 g/mol. The van der Waals surface area contributed by atoms with Crippen molar-refractivity contribution in [2.24, 2.45) is 0 Å². The molecule has 0 N–H and O–H groups in total. The average Bonchev–Trinajstić information content (AvgIpc) is 1.93. The number of benzene rings is 1. The van der Waals surface area contributed by atoms with Crippen LogP contribution in [0.5, 0.6) is 0 Å². The number of hydrogen-bond donors (Lipinski definition) is 0. The van der Waals surface area contributed by atoms with Crippen LogP contribution in [0.3, 0.4) is 0 Å². The zero-order chi connectivity index (χ0) is 7.72. The van der Waals surface area contributed by atoms with Crippen LogP contribution in [0.2, 0.25) is 0 Å². The Morgan fingerprint density at radius 2 is 1.20 bits per heavy atom. The van der Waals surface area contributed by atoms with Crippen molar-refractivity contribution in [3.05, 3.63) is 34.9 Å². The molecular formula is C8H8F2. The first-order valence-electron chi connectivity index (χ1n) is 3.04. The van der Waals surface area contributed by atoms with Gasteiger partial charge in [-0.2, -0.15) is 0 Å². The summed E-state index contributed by atoms with van der Waals surface area (Å²) in [4.78, 5) is 0. The maximum absolute atomic E-state index is 12.6. The van der Waals surface area contributed by atoms with Crippen LogP contribution in [-0.4, -0.2) is 0 Å². The fourth-order valence-electron chi connectivity index (χ4n) is 0.755. The van der Waals surface area contributed by atoms with E-state index in [1.54, 1.807) is 13.8 Å². The van der Waals surface area contributed by atoms with Crippen LogP contribution in [0.15, 0.2) is 12.1 Å². The van der Waals surface area contributed by atoms with Crippen molar-refractivity contribution >= 4 is 0 Å². The molecule has 0 aliphatic carbocycles.